The maximum Gasteiger partial charge on any atom is 0.150 e. The average molecular weight is 548 g/mol. The van der Waals surface area contributed by atoms with E-state index in [4.69, 9.17) is 32.7 Å². The molecule has 4 aromatic rings. The predicted molar refractivity (Wildman–Crippen MR) is 157 cm³/mol. The van der Waals surface area contributed by atoms with Crippen LogP contribution in [0.2, 0.25) is 0 Å². The number of aryl methyl sites for hydroxylation is 4. The molecule has 0 bridgehead atoms. The van der Waals surface area contributed by atoms with E-state index in [1.165, 1.54) is 0 Å². The van der Waals surface area contributed by atoms with Gasteiger partial charge in [0.15, 0.2) is 0 Å². The van der Waals surface area contributed by atoms with Crippen LogP contribution in [0.3, 0.4) is 0 Å². The lowest BCUT2D eigenvalue weighted by Gasteiger charge is -2.24. The van der Waals surface area contributed by atoms with Gasteiger partial charge in [0.25, 0.3) is 0 Å². The van der Waals surface area contributed by atoms with Gasteiger partial charge in [-0.1, -0.05) is 71.8 Å². The molecule has 0 aliphatic rings. The third-order valence-electron chi connectivity index (χ3n) is 6.69. The zero-order chi connectivity index (χ0) is 27.2. The van der Waals surface area contributed by atoms with Crippen molar-refractivity contribution in [2.24, 2.45) is 0 Å². The number of ether oxygens (including phenoxy) is 2. The number of halogens is 2. The maximum atomic E-state index is 14.1. The van der Waals surface area contributed by atoms with Crippen molar-refractivity contribution in [3.63, 3.8) is 0 Å². The van der Waals surface area contributed by atoms with E-state index in [1.54, 1.807) is 0 Å². The largest absolute Gasteiger partial charge is 0.457 e. The van der Waals surface area contributed by atoms with Crippen molar-refractivity contribution in [3.05, 3.63) is 118 Å². The van der Waals surface area contributed by atoms with E-state index in [-0.39, 0.29) is 17.5 Å². The number of Topliss-reactive ketones (excluding diaryl/α,β-unsaturated/α-hetero) is 1. The molecular formula is C33H32Cl2O3. The first-order chi connectivity index (χ1) is 18.3. The Morgan fingerprint density at radius 3 is 1.37 bits per heavy atom. The highest BCUT2D eigenvalue weighted by molar-refractivity contribution is 6.22. The molecule has 0 N–H and O–H groups in total. The van der Waals surface area contributed by atoms with Gasteiger partial charge in [-0.25, -0.2) is 0 Å². The Bertz CT molecular complexity index is 1320. The molecule has 4 rings (SSSR count). The number of ketones is 1. The van der Waals surface area contributed by atoms with Crippen LogP contribution in [-0.2, 0) is 4.79 Å². The zero-order valence-corrected chi connectivity index (χ0v) is 23.6. The number of hydrogen-bond acceptors (Lipinski definition) is 3. The summed E-state index contributed by atoms with van der Waals surface area (Å²) in [6, 6.07) is 27.1. The second-order valence-electron chi connectivity index (χ2n) is 9.63. The molecule has 5 heteroatoms. The van der Waals surface area contributed by atoms with Gasteiger partial charge in [-0.3, -0.25) is 4.79 Å². The molecule has 2 unspecified atom stereocenters. The van der Waals surface area contributed by atoms with Gasteiger partial charge in [0.05, 0.1) is 11.8 Å². The molecule has 38 heavy (non-hydrogen) atoms. The van der Waals surface area contributed by atoms with Crippen molar-refractivity contribution in [1.82, 2.24) is 0 Å². The highest BCUT2D eigenvalue weighted by atomic mass is 35.5. The highest BCUT2D eigenvalue weighted by Crippen LogP contribution is 2.39. The lowest BCUT2D eigenvalue weighted by molar-refractivity contribution is -0.121. The number of carbonyl (C=O) groups is 1. The molecule has 0 amide bonds. The molecule has 0 spiro atoms. The summed E-state index contributed by atoms with van der Waals surface area (Å²) in [6.45, 7) is 8.10. The van der Waals surface area contributed by atoms with Gasteiger partial charge >= 0.3 is 0 Å². The zero-order valence-electron chi connectivity index (χ0n) is 22.1. The van der Waals surface area contributed by atoms with Crippen molar-refractivity contribution >= 4 is 29.0 Å². The molecule has 2 atom stereocenters. The standard InChI is InChI=1S/C33H32Cl2O3/c1-21-13-15-29(23(3)17-21)37-31-11-7-5-9-25(31)27(19-34)33(36)28(20-35)26-10-6-8-12-32(26)38-30-16-14-22(2)18-24(30)4/h5-18,27-28H,19-20H2,1-4H3. The van der Waals surface area contributed by atoms with Gasteiger partial charge in [0.1, 0.15) is 28.8 Å². The van der Waals surface area contributed by atoms with Crippen molar-refractivity contribution in [3.8, 4) is 23.0 Å². The monoisotopic (exact) mass is 546 g/mol. The number of para-hydroxylation sites is 2. The Kier molecular flexibility index (Phi) is 9.14. The Hall–Kier alpha value is -3.27. The minimum absolute atomic E-state index is 0.0802. The molecule has 0 saturated carbocycles. The third-order valence-corrected chi connectivity index (χ3v) is 7.30. The van der Waals surface area contributed by atoms with Crippen LogP contribution in [0.5, 0.6) is 23.0 Å². The number of benzene rings is 4. The van der Waals surface area contributed by atoms with Crippen LogP contribution in [0.25, 0.3) is 0 Å². The van der Waals surface area contributed by atoms with Crippen LogP contribution >= 0.6 is 23.2 Å². The summed E-state index contributed by atoms with van der Waals surface area (Å²) >= 11 is 12.9. The van der Waals surface area contributed by atoms with Crippen LogP contribution in [0, 0.1) is 27.7 Å². The normalized spacial score (nSPS) is 12.6. The summed E-state index contributed by atoms with van der Waals surface area (Å²) in [5, 5.41) is 0. The molecule has 196 valence electrons. The van der Waals surface area contributed by atoms with Crippen molar-refractivity contribution in [2.75, 3.05) is 11.8 Å². The first kappa shape index (κ1) is 27.8. The summed E-state index contributed by atoms with van der Waals surface area (Å²) in [6.07, 6.45) is 0. The Balaban J connectivity index is 1.67. The third kappa shape index (κ3) is 6.23. The second-order valence-corrected chi connectivity index (χ2v) is 10.3. The summed E-state index contributed by atoms with van der Waals surface area (Å²) in [4.78, 5) is 14.1. The number of carbonyl (C=O) groups excluding carboxylic acids is 1. The van der Waals surface area contributed by atoms with Crippen LogP contribution in [0.4, 0.5) is 0 Å². The average Bonchev–Trinajstić information content (AvgIpc) is 2.90. The molecule has 0 heterocycles. The van der Waals surface area contributed by atoms with Gasteiger partial charge in [0.2, 0.25) is 0 Å². The van der Waals surface area contributed by atoms with E-state index in [2.05, 4.69) is 12.1 Å². The Labute approximate surface area is 235 Å². The fourth-order valence-corrected chi connectivity index (χ4v) is 5.29. The topological polar surface area (TPSA) is 35.5 Å². The van der Waals surface area contributed by atoms with Crippen LogP contribution < -0.4 is 9.47 Å². The number of alkyl halides is 2. The Morgan fingerprint density at radius 2 is 1.00 bits per heavy atom. The number of rotatable bonds is 10. The summed E-state index contributed by atoms with van der Waals surface area (Å²) in [7, 11) is 0. The molecule has 3 nitrogen and oxygen atoms in total. The van der Waals surface area contributed by atoms with E-state index in [0.717, 1.165) is 44.9 Å². The SMILES string of the molecule is Cc1ccc(Oc2ccccc2C(CCl)C(=O)C(CCl)c2ccccc2Oc2ccc(C)cc2C)c(C)c1. The minimum Gasteiger partial charge on any atom is -0.457 e. The lowest BCUT2D eigenvalue weighted by atomic mass is 9.85. The van der Waals surface area contributed by atoms with Crippen molar-refractivity contribution < 1.29 is 14.3 Å². The summed E-state index contributed by atoms with van der Waals surface area (Å²) in [5.41, 5.74) is 5.81. The van der Waals surface area contributed by atoms with Crippen LogP contribution in [-0.4, -0.2) is 17.5 Å². The molecule has 0 saturated heterocycles. The Morgan fingerprint density at radius 1 is 0.605 bits per heavy atom. The van der Waals surface area contributed by atoms with Crippen molar-refractivity contribution in [2.45, 2.75) is 39.5 Å². The number of hydrogen-bond donors (Lipinski definition) is 0. The quantitative estimate of drug-likeness (QED) is 0.186. The van der Waals surface area contributed by atoms with Gasteiger partial charge in [0, 0.05) is 22.9 Å². The first-order valence-corrected chi connectivity index (χ1v) is 13.7. The van der Waals surface area contributed by atoms with Gasteiger partial charge < -0.3 is 9.47 Å². The fourth-order valence-electron chi connectivity index (χ4n) is 4.66. The lowest BCUT2D eigenvalue weighted by Crippen LogP contribution is -2.24. The molecule has 0 radical (unpaired) electrons. The minimum atomic E-state index is -0.614. The second kappa shape index (κ2) is 12.5. The van der Waals surface area contributed by atoms with Gasteiger partial charge in [-0.15, -0.1) is 23.2 Å². The molecule has 4 aromatic carbocycles. The van der Waals surface area contributed by atoms with Gasteiger partial charge in [-0.05, 0) is 63.1 Å². The van der Waals surface area contributed by atoms with E-state index >= 15 is 0 Å². The highest BCUT2D eigenvalue weighted by Gasteiger charge is 2.32. The molecule has 0 aromatic heterocycles. The van der Waals surface area contributed by atoms with Crippen LogP contribution in [0.1, 0.15) is 45.2 Å². The van der Waals surface area contributed by atoms with E-state index in [0.29, 0.717) is 11.5 Å². The molecule has 0 fully saturated rings. The van der Waals surface area contributed by atoms with Crippen LogP contribution in [0.15, 0.2) is 84.9 Å². The van der Waals surface area contributed by atoms with Crippen molar-refractivity contribution in [1.29, 1.82) is 0 Å². The van der Waals surface area contributed by atoms with E-state index in [1.807, 2.05) is 100 Å². The van der Waals surface area contributed by atoms with Gasteiger partial charge in [-0.2, -0.15) is 0 Å². The smallest absolute Gasteiger partial charge is 0.150 e. The molecule has 0 aliphatic carbocycles. The van der Waals surface area contributed by atoms with E-state index in [9.17, 15) is 4.79 Å². The fraction of sp³-hybridized carbons (Fsp3) is 0.242. The maximum absolute atomic E-state index is 14.1. The van der Waals surface area contributed by atoms with E-state index < -0.39 is 11.8 Å². The first-order valence-electron chi connectivity index (χ1n) is 12.7. The molecule has 0 aliphatic heterocycles. The molecular weight excluding hydrogens is 515 g/mol. The summed E-state index contributed by atoms with van der Waals surface area (Å²) in [5.74, 6) is 1.57. The predicted octanol–water partition coefficient (Wildman–Crippen LogP) is 9.42. The summed E-state index contributed by atoms with van der Waals surface area (Å²) < 4.78 is 12.6.